The van der Waals surface area contributed by atoms with E-state index in [0.717, 1.165) is 32.4 Å². The Kier molecular flexibility index (Phi) is 7.31. The zero-order valence-corrected chi connectivity index (χ0v) is 21.2. The molecule has 2 aromatic carbocycles. The molecule has 1 atom stereocenters. The van der Waals surface area contributed by atoms with E-state index in [0.29, 0.717) is 23.0 Å². The molecule has 0 aliphatic rings. The molecular weight excluding hydrogens is 460 g/mol. The van der Waals surface area contributed by atoms with Gasteiger partial charge in [-0.05, 0) is 57.2 Å². The summed E-state index contributed by atoms with van der Waals surface area (Å²) in [5.74, 6) is 1.66. The fourth-order valence-corrected chi connectivity index (χ4v) is 4.86. The highest BCUT2D eigenvalue weighted by Gasteiger charge is 2.26. The van der Waals surface area contributed by atoms with Gasteiger partial charge in [0.15, 0.2) is 0 Å². The predicted octanol–water partition coefficient (Wildman–Crippen LogP) is 5.93. The zero-order chi connectivity index (χ0) is 24.9. The van der Waals surface area contributed by atoms with E-state index in [1.54, 1.807) is 26.4 Å². The van der Waals surface area contributed by atoms with Crippen LogP contribution in [0.1, 0.15) is 43.8 Å². The monoisotopic (exact) mass is 488 g/mol. The maximum absolute atomic E-state index is 13.0. The van der Waals surface area contributed by atoms with Crippen LogP contribution in [0, 0.1) is 20.8 Å². The molecule has 4 aromatic rings. The molecule has 0 saturated heterocycles. The molecule has 7 nitrogen and oxygen atoms in total. The number of rotatable bonds is 8. The molecule has 2 heterocycles. The predicted molar refractivity (Wildman–Crippen MR) is 140 cm³/mol. The van der Waals surface area contributed by atoms with Crippen molar-refractivity contribution in [1.82, 2.24) is 9.97 Å². The van der Waals surface area contributed by atoms with Crippen LogP contribution in [0.25, 0.3) is 0 Å². The molecule has 0 aliphatic carbocycles. The number of aromatic nitrogens is 2. The van der Waals surface area contributed by atoms with E-state index in [4.69, 9.17) is 9.47 Å². The Balaban J connectivity index is 1.81. The van der Waals surface area contributed by atoms with Crippen LogP contribution in [0.4, 0.5) is 10.9 Å². The van der Waals surface area contributed by atoms with Gasteiger partial charge in [0, 0.05) is 39.0 Å². The number of nitrogens with zero attached hydrogens (tertiary/aromatic N) is 2. The fourth-order valence-electron chi connectivity index (χ4n) is 3.91. The number of carbonyl (C=O) groups is 1. The second kappa shape index (κ2) is 10.6. The largest absolute Gasteiger partial charge is 0.497 e. The molecule has 4 rings (SSSR count). The minimum absolute atomic E-state index is 0.170. The van der Waals surface area contributed by atoms with Gasteiger partial charge in [-0.25, -0.2) is 9.97 Å². The van der Waals surface area contributed by atoms with Gasteiger partial charge in [-0.15, -0.1) is 11.3 Å². The quantitative estimate of drug-likeness (QED) is 0.320. The summed E-state index contributed by atoms with van der Waals surface area (Å²) in [4.78, 5) is 23.2. The van der Waals surface area contributed by atoms with Crippen molar-refractivity contribution in [3.8, 4) is 11.5 Å². The lowest BCUT2D eigenvalue weighted by Crippen LogP contribution is -2.18. The van der Waals surface area contributed by atoms with E-state index in [9.17, 15) is 4.79 Å². The molecule has 2 aromatic heterocycles. The molecule has 2 N–H and O–H groups in total. The van der Waals surface area contributed by atoms with Crippen molar-refractivity contribution < 1.29 is 14.3 Å². The van der Waals surface area contributed by atoms with E-state index < -0.39 is 6.04 Å². The number of ether oxygens (including phenoxy) is 2. The zero-order valence-electron chi connectivity index (χ0n) is 20.4. The number of benzene rings is 2. The number of hydrogen-bond donors (Lipinski definition) is 2. The lowest BCUT2D eigenvalue weighted by Gasteiger charge is -2.23. The van der Waals surface area contributed by atoms with Crippen molar-refractivity contribution in [1.29, 1.82) is 0 Å². The highest BCUT2D eigenvalue weighted by molar-refractivity contribution is 7.16. The van der Waals surface area contributed by atoms with Gasteiger partial charge < -0.3 is 20.1 Å². The fraction of sp³-hybridized carbons (Fsp3) is 0.222. The highest BCUT2D eigenvalue weighted by Crippen LogP contribution is 2.41. The number of amides is 1. The number of anilines is 2. The van der Waals surface area contributed by atoms with E-state index in [-0.39, 0.29) is 5.91 Å². The van der Waals surface area contributed by atoms with Crippen molar-refractivity contribution in [3.63, 3.8) is 0 Å². The highest BCUT2D eigenvalue weighted by atomic mass is 32.1. The van der Waals surface area contributed by atoms with Crippen LogP contribution in [0.3, 0.4) is 0 Å². The molecule has 0 fully saturated rings. The minimum Gasteiger partial charge on any atom is -0.497 e. The van der Waals surface area contributed by atoms with Gasteiger partial charge in [0.2, 0.25) is 5.95 Å². The molecule has 0 radical (unpaired) electrons. The second-order valence-electron chi connectivity index (χ2n) is 8.12. The first-order valence-electron chi connectivity index (χ1n) is 11.2. The number of nitrogens with one attached hydrogen (secondary N) is 2. The minimum atomic E-state index is -0.395. The molecule has 1 amide bonds. The molecule has 8 heteroatoms. The maximum Gasteiger partial charge on any atom is 0.256 e. The maximum atomic E-state index is 13.0. The van der Waals surface area contributed by atoms with Crippen LogP contribution in [-0.2, 0) is 0 Å². The van der Waals surface area contributed by atoms with Gasteiger partial charge >= 0.3 is 0 Å². The molecular formula is C27H28N4O3S. The van der Waals surface area contributed by atoms with Crippen LogP contribution in [0.2, 0.25) is 0 Å². The summed E-state index contributed by atoms with van der Waals surface area (Å²) in [6, 6.07) is 18.4. The van der Waals surface area contributed by atoms with Gasteiger partial charge in [0.05, 0.1) is 20.3 Å². The summed E-state index contributed by atoms with van der Waals surface area (Å²) in [7, 11) is 3.24. The molecule has 180 valence electrons. The van der Waals surface area contributed by atoms with E-state index in [2.05, 4.69) is 26.7 Å². The summed E-state index contributed by atoms with van der Waals surface area (Å²) in [6.45, 7) is 5.88. The Hall–Kier alpha value is -3.91. The Morgan fingerprint density at radius 1 is 0.886 bits per heavy atom. The van der Waals surface area contributed by atoms with Gasteiger partial charge in [-0.1, -0.05) is 18.2 Å². The third kappa shape index (κ3) is 5.60. The number of methoxy groups -OCH3 is 2. The molecule has 0 saturated carbocycles. The first-order valence-corrected chi connectivity index (χ1v) is 12.0. The van der Waals surface area contributed by atoms with Crippen molar-refractivity contribution in [2.45, 2.75) is 26.8 Å². The summed E-state index contributed by atoms with van der Waals surface area (Å²) in [5, 5.41) is 7.33. The van der Waals surface area contributed by atoms with Crippen LogP contribution >= 0.6 is 11.3 Å². The van der Waals surface area contributed by atoms with E-state index in [1.807, 2.05) is 63.2 Å². The average Bonchev–Trinajstić information content (AvgIpc) is 3.21. The second-order valence-corrected chi connectivity index (χ2v) is 9.38. The number of aryl methyl sites for hydroxylation is 3. The molecule has 0 aliphatic heterocycles. The van der Waals surface area contributed by atoms with Crippen LogP contribution in [0.15, 0.2) is 60.7 Å². The van der Waals surface area contributed by atoms with E-state index in [1.165, 1.54) is 11.3 Å². The lowest BCUT2D eigenvalue weighted by atomic mass is 9.98. The number of carbonyl (C=O) groups excluding carboxylic acids is 1. The standard InChI is InChI=1S/C27H28N4O3S/c1-16-13-17(2)29-27(28-16)30-24(21-12-11-20(33-4)15-23(21)34-5)22-14-18(3)35-26(22)31-25(32)19-9-7-6-8-10-19/h6-15,24H,1-5H3,(H,31,32)(H,28,29,30). The summed E-state index contributed by atoms with van der Waals surface area (Å²) < 4.78 is 11.1. The van der Waals surface area contributed by atoms with Gasteiger partial charge in [0.25, 0.3) is 5.91 Å². The Morgan fingerprint density at radius 2 is 1.60 bits per heavy atom. The Morgan fingerprint density at radius 3 is 2.26 bits per heavy atom. The van der Waals surface area contributed by atoms with Crippen molar-refractivity contribution in [3.05, 3.63) is 93.6 Å². The lowest BCUT2D eigenvalue weighted by molar-refractivity contribution is 0.102. The third-order valence-corrected chi connectivity index (χ3v) is 6.45. The van der Waals surface area contributed by atoms with Crippen LogP contribution in [0.5, 0.6) is 11.5 Å². The summed E-state index contributed by atoms with van der Waals surface area (Å²) in [5.41, 5.74) is 4.07. The van der Waals surface area contributed by atoms with Gasteiger partial charge in [0.1, 0.15) is 16.5 Å². The summed E-state index contributed by atoms with van der Waals surface area (Å²) in [6.07, 6.45) is 0. The first-order chi connectivity index (χ1) is 16.9. The average molecular weight is 489 g/mol. The van der Waals surface area contributed by atoms with Crippen LogP contribution in [-0.4, -0.2) is 30.1 Å². The van der Waals surface area contributed by atoms with Gasteiger partial charge in [-0.3, -0.25) is 4.79 Å². The Bertz CT molecular complexity index is 1320. The van der Waals surface area contributed by atoms with Crippen molar-refractivity contribution in [2.75, 3.05) is 24.9 Å². The molecule has 0 bridgehead atoms. The van der Waals surface area contributed by atoms with E-state index >= 15 is 0 Å². The normalized spacial score (nSPS) is 11.6. The van der Waals surface area contributed by atoms with Crippen molar-refractivity contribution in [2.24, 2.45) is 0 Å². The van der Waals surface area contributed by atoms with Crippen molar-refractivity contribution >= 4 is 28.2 Å². The molecule has 35 heavy (non-hydrogen) atoms. The van der Waals surface area contributed by atoms with Crippen LogP contribution < -0.4 is 20.1 Å². The third-order valence-electron chi connectivity index (χ3n) is 5.47. The van der Waals surface area contributed by atoms with Gasteiger partial charge in [-0.2, -0.15) is 0 Å². The Labute approximate surface area is 209 Å². The summed E-state index contributed by atoms with van der Waals surface area (Å²) >= 11 is 1.52. The molecule has 1 unspecified atom stereocenters. The topological polar surface area (TPSA) is 85.4 Å². The SMILES string of the molecule is COc1ccc(C(Nc2nc(C)cc(C)n2)c2cc(C)sc2NC(=O)c2ccccc2)c(OC)c1. The number of hydrogen-bond acceptors (Lipinski definition) is 7. The number of thiophene rings is 1. The molecule has 0 spiro atoms. The first kappa shape index (κ1) is 24.2. The smallest absolute Gasteiger partial charge is 0.256 e.